The first-order valence-corrected chi connectivity index (χ1v) is 6.93. The third-order valence-electron chi connectivity index (χ3n) is 2.82. The summed E-state index contributed by atoms with van der Waals surface area (Å²) in [5.74, 6) is -0.385. The molecule has 110 valence electrons. The maximum absolute atomic E-state index is 11.9. The molecule has 4 nitrogen and oxygen atoms in total. The molecule has 0 spiro atoms. The molecule has 0 saturated carbocycles. The topological polar surface area (TPSA) is 58.6 Å². The number of carbonyl (C=O) groups excluding carboxylic acids is 1. The molecule has 0 heterocycles. The Labute approximate surface area is 128 Å². The lowest BCUT2D eigenvalue weighted by Crippen LogP contribution is -2.07. The molecule has 2 rings (SSSR count). The second kappa shape index (κ2) is 7.67. The van der Waals surface area contributed by atoms with Crippen molar-refractivity contribution in [2.24, 2.45) is 0 Å². The average Bonchev–Trinajstić information content (AvgIpc) is 2.51. The quantitative estimate of drug-likeness (QED) is 0.805. The van der Waals surface area contributed by atoms with E-state index < -0.39 is 0 Å². The fourth-order valence-electron chi connectivity index (χ4n) is 1.78. The fourth-order valence-corrected chi connectivity index (χ4v) is 2.00. The van der Waals surface area contributed by atoms with E-state index in [1.807, 2.05) is 12.1 Å². The molecule has 0 aliphatic carbocycles. The van der Waals surface area contributed by atoms with E-state index in [1.165, 1.54) is 0 Å². The standard InChI is InChI=1S/C16H16ClNO3/c17-14-3-1-2-12(10-14)11-21-16(20)13-4-6-15(7-5-13)18-8-9-19/h1-7,10,18-19H,8-9,11H2. The number of ether oxygens (including phenoxy) is 1. The molecule has 0 bridgehead atoms. The normalized spacial score (nSPS) is 10.2. The molecule has 2 N–H and O–H groups in total. The van der Waals surface area contributed by atoms with Crippen molar-refractivity contribution in [3.05, 3.63) is 64.7 Å². The average molecular weight is 306 g/mol. The van der Waals surface area contributed by atoms with Crippen molar-refractivity contribution in [3.63, 3.8) is 0 Å². The third-order valence-corrected chi connectivity index (χ3v) is 3.06. The van der Waals surface area contributed by atoms with Gasteiger partial charge in [-0.2, -0.15) is 0 Å². The van der Waals surface area contributed by atoms with E-state index in [1.54, 1.807) is 36.4 Å². The van der Waals surface area contributed by atoms with Crippen LogP contribution in [0.2, 0.25) is 5.02 Å². The minimum atomic E-state index is -0.385. The predicted octanol–water partition coefficient (Wildman–Crippen LogP) is 3.10. The summed E-state index contributed by atoms with van der Waals surface area (Å²) in [4.78, 5) is 11.9. The lowest BCUT2D eigenvalue weighted by molar-refractivity contribution is 0.0473. The summed E-state index contributed by atoms with van der Waals surface area (Å²) < 4.78 is 5.23. The zero-order valence-corrected chi connectivity index (χ0v) is 12.1. The zero-order chi connectivity index (χ0) is 15.1. The van der Waals surface area contributed by atoms with Gasteiger partial charge in [0.1, 0.15) is 6.61 Å². The van der Waals surface area contributed by atoms with Crippen LogP contribution < -0.4 is 5.32 Å². The predicted molar refractivity (Wildman–Crippen MR) is 82.6 cm³/mol. The number of hydrogen-bond donors (Lipinski definition) is 2. The molecule has 0 aliphatic heterocycles. The Bertz CT molecular complexity index is 599. The molecule has 21 heavy (non-hydrogen) atoms. The number of aliphatic hydroxyl groups excluding tert-OH is 1. The van der Waals surface area contributed by atoms with Gasteiger partial charge in [-0.25, -0.2) is 4.79 Å². The van der Waals surface area contributed by atoms with Crippen LogP contribution in [0, 0.1) is 0 Å². The molecule has 2 aromatic carbocycles. The van der Waals surface area contributed by atoms with Crippen molar-refractivity contribution in [3.8, 4) is 0 Å². The lowest BCUT2D eigenvalue weighted by Gasteiger charge is -2.07. The summed E-state index contributed by atoms with van der Waals surface area (Å²) in [7, 11) is 0. The molecule has 0 amide bonds. The number of esters is 1. The Kier molecular flexibility index (Phi) is 5.60. The maximum atomic E-state index is 11.9. The number of aliphatic hydroxyl groups is 1. The summed E-state index contributed by atoms with van der Waals surface area (Å²) in [6.45, 7) is 0.714. The van der Waals surface area contributed by atoms with Crippen LogP contribution in [0.1, 0.15) is 15.9 Å². The van der Waals surface area contributed by atoms with E-state index in [0.29, 0.717) is 17.1 Å². The van der Waals surface area contributed by atoms with E-state index in [0.717, 1.165) is 11.3 Å². The summed E-state index contributed by atoms with van der Waals surface area (Å²) in [6.07, 6.45) is 0. The van der Waals surface area contributed by atoms with Crippen molar-refractivity contribution in [2.45, 2.75) is 6.61 Å². The van der Waals surface area contributed by atoms with Crippen LogP contribution in [0.4, 0.5) is 5.69 Å². The van der Waals surface area contributed by atoms with E-state index in [2.05, 4.69) is 5.32 Å². The van der Waals surface area contributed by atoms with E-state index in [-0.39, 0.29) is 19.2 Å². The van der Waals surface area contributed by atoms with Gasteiger partial charge >= 0.3 is 5.97 Å². The van der Waals surface area contributed by atoms with Crippen molar-refractivity contribution < 1.29 is 14.6 Å². The summed E-state index contributed by atoms with van der Waals surface area (Å²) in [6, 6.07) is 14.1. The van der Waals surface area contributed by atoms with Crippen LogP contribution in [0.3, 0.4) is 0 Å². The highest BCUT2D eigenvalue weighted by Gasteiger charge is 2.07. The largest absolute Gasteiger partial charge is 0.457 e. The van der Waals surface area contributed by atoms with Crippen LogP contribution in [0.15, 0.2) is 48.5 Å². The minimum absolute atomic E-state index is 0.0590. The van der Waals surface area contributed by atoms with E-state index >= 15 is 0 Å². The first-order chi connectivity index (χ1) is 10.2. The highest BCUT2D eigenvalue weighted by molar-refractivity contribution is 6.30. The van der Waals surface area contributed by atoms with Crippen LogP contribution in [0.25, 0.3) is 0 Å². The molecule has 0 radical (unpaired) electrons. The summed E-state index contributed by atoms with van der Waals surface area (Å²) in [5.41, 5.74) is 2.17. The smallest absolute Gasteiger partial charge is 0.338 e. The summed E-state index contributed by atoms with van der Waals surface area (Å²) >= 11 is 5.87. The molecule has 0 saturated heterocycles. The maximum Gasteiger partial charge on any atom is 0.338 e. The van der Waals surface area contributed by atoms with Gasteiger partial charge < -0.3 is 15.2 Å². The first kappa shape index (κ1) is 15.4. The molecule has 0 atom stereocenters. The van der Waals surface area contributed by atoms with Crippen molar-refractivity contribution in [2.75, 3.05) is 18.5 Å². The van der Waals surface area contributed by atoms with Gasteiger partial charge in [0.25, 0.3) is 0 Å². The Morgan fingerprint density at radius 2 is 1.95 bits per heavy atom. The molecular weight excluding hydrogens is 290 g/mol. The molecule has 0 aromatic heterocycles. The van der Waals surface area contributed by atoms with Gasteiger partial charge in [0.2, 0.25) is 0 Å². The van der Waals surface area contributed by atoms with Gasteiger partial charge in [0.15, 0.2) is 0 Å². The molecule has 0 fully saturated rings. The number of carbonyl (C=O) groups is 1. The highest BCUT2D eigenvalue weighted by Crippen LogP contribution is 2.14. The van der Waals surface area contributed by atoms with Crippen LogP contribution in [0.5, 0.6) is 0 Å². The second-order valence-corrected chi connectivity index (χ2v) is 4.87. The molecule has 0 aliphatic rings. The SMILES string of the molecule is O=C(OCc1cccc(Cl)c1)c1ccc(NCCO)cc1. The monoisotopic (exact) mass is 305 g/mol. The second-order valence-electron chi connectivity index (χ2n) is 4.43. The summed E-state index contributed by atoms with van der Waals surface area (Å²) in [5, 5.41) is 12.3. The van der Waals surface area contributed by atoms with Gasteiger partial charge in [0.05, 0.1) is 12.2 Å². The molecule has 5 heteroatoms. The highest BCUT2D eigenvalue weighted by atomic mass is 35.5. The lowest BCUT2D eigenvalue weighted by atomic mass is 10.2. The van der Waals surface area contributed by atoms with E-state index in [4.69, 9.17) is 21.4 Å². The van der Waals surface area contributed by atoms with Gasteiger partial charge in [-0.1, -0.05) is 23.7 Å². The van der Waals surface area contributed by atoms with Crippen molar-refractivity contribution >= 4 is 23.3 Å². The van der Waals surface area contributed by atoms with Gasteiger partial charge in [0, 0.05) is 17.3 Å². The number of nitrogens with one attached hydrogen (secondary N) is 1. The fraction of sp³-hybridized carbons (Fsp3) is 0.188. The molecule has 0 unspecified atom stereocenters. The minimum Gasteiger partial charge on any atom is -0.457 e. The Balaban J connectivity index is 1.91. The zero-order valence-electron chi connectivity index (χ0n) is 11.4. The van der Waals surface area contributed by atoms with E-state index in [9.17, 15) is 4.79 Å². The molecule has 2 aromatic rings. The van der Waals surface area contributed by atoms with Gasteiger partial charge in [-0.05, 0) is 42.0 Å². The van der Waals surface area contributed by atoms with Gasteiger partial charge in [-0.3, -0.25) is 0 Å². The number of hydrogen-bond acceptors (Lipinski definition) is 4. The van der Waals surface area contributed by atoms with Crippen LogP contribution in [-0.2, 0) is 11.3 Å². The number of anilines is 1. The first-order valence-electron chi connectivity index (χ1n) is 6.55. The Morgan fingerprint density at radius 1 is 1.19 bits per heavy atom. The number of rotatable bonds is 6. The van der Waals surface area contributed by atoms with Crippen LogP contribution in [-0.4, -0.2) is 24.2 Å². The number of halogens is 1. The third kappa shape index (κ3) is 4.77. The Morgan fingerprint density at radius 3 is 2.62 bits per heavy atom. The van der Waals surface area contributed by atoms with Crippen molar-refractivity contribution in [1.29, 1.82) is 0 Å². The van der Waals surface area contributed by atoms with Crippen molar-refractivity contribution in [1.82, 2.24) is 0 Å². The number of benzene rings is 2. The molecular formula is C16H16ClNO3. The Hall–Kier alpha value is -2.04. The van der Waals surface area contributed by atoms with Crippen LogP contribution >= 0.6 is 11.6 Å². The van der Waals surface area contributed by atoms with Gasteiger partial charge in [-0.15, -0.1) is 0 Å².